The van der Waals surface area contributed by atoms with E-state index >= 15 is 0 Å². The molecule has 148 valence electrons. The Morgan fingerprint density at radius 1 is 1.14 bits per heavy atom. The summed E-state index contributed by atoms with van der Waals surface area (Å²) in [6.45, 7) is 2.03. The molecule has 2 heterocycles. The van der Waals surface area contributed by atoms with Crippen LogP contribution in [0.4, 0.5) is 9.18 Å². The van der Waals surface area contributed by atoms with Crippen molar-refractivity contribution >= 4 is 6.16 Å². The Balaban J connectivity index is 1.33. The Bertz CT molecular complexity index is 833. The number of hydrogen-bond acceptors (Lipinski definition) is 5. The fourth-order valence-corrected chi connectivity index (χ4v) is 3.58. The maximum Gasteiger partial charge on any atom is 0.508 e. The monoisotopic (exact) mass is 387 g/mol. The predicted octanol–water partition coefficient (Wildman–Crippen LogP) is 4.16. The van der Waals surface area contributed by atoms with E-state index in [9.17, 15) is 9.18 Å². The lowest BCUT2D eigenvalue weighted by Gasteiger charge is -2.35. The molecule has 4 rings (SSSR count). The average molecular weight is 387 g/mol. The number of carboxylic acid groups (broad SMARTS) is 1. The zero-order valence-electron chi connectivity index (χ0n) is 15.3. The number of rotatable bonds is 4. The highest BCUT2D eigenvalue weighted by Crippen LogP contribution is 2.36. The number of piperidine rings is 1. The third-order valence-corrected chi connectivity index (χ3v) is 5.14. The van der Waals surface area contributed by atoms with Gasteiger partial charge in [-0.1, -0.05) is 36.4 Å². The van der Waals surface area contributed by atoms with Crippen LogP contribution in [0.15, 0.2) is 48.5 Å². The highest BCUT2D eigenvalue weighted by molar-refractivity contribution is 5.57. The minimum atomic E-state index is -2.07. The van der Waals surface area contributed by atoms with Crippen LogP contribution in [0.25, 0.3) is 0 Å². The molecule has 2 aromatic carbocycles. The maximum atomic E-state index is 14.2. The minimum Gasteiger partial charge on any atom is -0.485 e. The highest BCUT2D eigenvalue weighted by atomic mass is 19.2. The van der Waals surface area contributed by atoms with Crippen LogP contribution in [0, 0.1) is 0 Å². The van der Waals surface area contributed by atoms with Crippen LogP contribution in [-0.4, -0.2) is 41.7 Å². The standard InChI is InChI=1S/C21H22FNO5/c22-21(28-20(24)25)9-11-23(12-10-21)13-15-5-7-16(8-6-15)19-14-26-17-3-1-2-4-18(17)27-19/h1-8,19H,9-14H2,(H,24,25)/t19-/m1/s1. The van der Waals surface area contributed by atoms with Crippen molar-refractivity contribution in [2.24, 2.45) is 0 Å². The van der Waals surface area contributed by atoms with Gasteiger partial charge in [0.15, 0.2) is 17.6 Å². The van der Waals surface area contributed by atoms with Gasteiger partial charge in [-0.2, -0.15) is 4.39 Å². The zero-order chi connectivity index (χ0) is 19.6. The van der Waals surface area contributed by atoms with Gasteiger partial charge < -0.3 is 19.3 Å². The van der Waals surface area contributed by atoms with Gasteiger partial charge in [-0.25, -0.2) is 4.79 Å². The Kier molecular flexibility index (Phi) is 5.09. The maximum absolute atomic E-state index is 14.2. The fourth-order valence-electron chi connectivity index (χ4n) is 3.58. The Morgan fingerprint density at radius 2 is 1.82 bits per heavy atom. The second kappa shape index (κ2) is 7.67. The van der Waals surface area contributed by atoms with E-state index in [0.717, 1.165) is 22.6 Å². The van der Waals surface area contributed by atoms with Crippen LogP contribution in [0.5, 0.6) is 11.5 Å². The van der Waals surface area contributed by atoms with Crippen LogP contribution in [0.3, 0.4) is 0 Å². The molecule has 0 bridgehead atoms. The molecule has 1 fully saturated rings. The van der Waals surface area contributed by atoms with E-state index in [-0.39, 0.29) is 18.9 Å². The first kappa shape index (κ1) is 18.6. The molecule has 0 aromatic heterocycles. The zero-order valence-corrected chi connectivity index (χ0v) is 15.3. The van der Waals surface area contributed by atoms with Crippen molar-refractivity contribution in [3.8, 4) is 11.5 Å². The van der Waals surface area contributed by atoms with Crippen molar-refractivity contribution in [3.63, 3.8) is 0 Å². The van der Waals surface area contributed by atoms with Crippen LogP contribution in [0.1, 0.15) is 30.1 Å². The number of alkyl halides is 1. The van der Waals surface area contributed by atoms with Gasteiger partial charge in [-0.05, 0) is 23.3 Å². The summed E-state index contributed by atoms with van der Waals surface area (Å²) in [5, 5.41) is 8.62. The molecular weight excluding hydrogens is 365 g/mol. The SMILES string of the molecule is O=C(O)OC1(F)CCN(Cc2ccc([C@H]3COc4ccccc4O3)cc2)CC1. The van der Waals surface area contributed by atoms with Gasteiger partial charge in [-0.3, -0.25) is 4.90 Å². The molecule has 2 aliphatic rings. The molecule has 0 aliphatic carbocycles. The average Bonchev–Trinajstić information content (AvgIpc) is 2.69. The third kappa shape index (κ3) is 4.20. The summed E-state index contributed by atoms with van der Waals surface area (Å²) >= 11 is 0. The van der Waals surface area contributed by atoms with Gasteiger partial charge in [-0.15, -0.1) is 0 Å². The first-order valence-corrected chi connectivity index (χ1v) is 9.31. The number of nitrogens with zero attached hydrogens (tertiary/aromatic N) is 1. The van der Waals surface area contributed by atoms with E-state index in [2.05, 4.69) is 9.64 Å². The van der Waals surface area contributed by atoms with Crippen LogP contribution < -0.4 is 9.47 Å². The van der Waals surface area contributed by atoms with Gasteiger partial charge >= 0.3 is 6.16 Å². The van der Waals surface area contributed by atoms with Crippen molar-refractivity contribution in [2.45, 2.75) is 31.3 Å². The lowest BCUT2D eigenvalue weighted by molar-refractivity contribution is -0.143. The number of carbonyl (C=O) groups is 1. The lowest BCUT2D eigenvalue weighted by Crippen LogP contribution is -2.43. The Hall–Kier alpha value is -2.80. The van der Waals surface area contributed by atoms with E-state index in [1.807, 2.05) is 48.5 Å². The summed E-state index contributed by atoms with van der Waals surface area (Å²) in [4.78, 5) is 12.7. The summed E-state index contributed by atoms with van der Waals surface area (Å²) in [6.07, 6.45) is -1.63. The van der Waals surface area contributed by atoms with Crippen molar-refractivity contribution in [1.82, 2.24) is 4.90 Å². The third-order valence-electron chi connectivity index (χ3n) is 5.14. The first-order valence-electron chi connectivity index (χ1n) is 9.31. The molecule has 0 spiro atoms. The number of likely N-dealkylation sites (tertiary alicyclic amines) is 1. The second-order valence-corrected chi connectivity index (χ2v) is 7.13. The van der Waals surface area contributed by atoms with E-state index in [1.54, 1.807) is 0 Å². The van der Waals surface area contributed by atoms with Gasteiger partial charge in [0.05, 0.1) is 0 Å². The molecule has 0 radical (unpaired) electrons. The molecule has 1 atom stereocenters. The van der Waals surface area contributed by atoms with Gasteiger partial charge in [0.25, 0.3) is 5.85 Å². The molecule has 0 amide bonds. The second-order valence-electron chi connectivity index (χ2n) is 7.13. The molecule has 7 heteroatoms. The predicted molar refractivity (Wildman–Crippen MR) is 99.2 cm³/mol. The van der Waals surface area contributed by atoms with Crippen LogP contribution in [-0.2, 0) is 11.3 Å². The number of para-hydroxylation sites is 2. The summed E-state index contributed by atoms with van der Waals surface area (Å²) in [5.41, 5.74) is 2.14. The van der Waals surface area contributed by atoms with E-state index in [4.69, 9.17) is 14.6 Å². The van der Waals surface area contributed by atoms with Crippen molar-refractivity contribution in [3.05, 3.63) is 59.7 Å². The number of benzene rings is 2. The Morgan fingerprint density at radius 3 is 2.50 bits per heavy atom. The normalized spacial score (nSPS) is 21.1. The molecule has 1 N–H and O–H groups in total. The minimum absolute atomic E-state index is 0.0457. The van der Waals surface area contributed by atoms with Gasteiger partial charge in [0.1, 0.15) is 6.61 Å². The summed E-state index contributed by atoms with van der Waals surface area (Å²) in [5.74, 6) is -0.563. The number of ether oxygens (including phenoxy) is 3. The topological polar surface area (TPSA) is 68.2 Å². The lowest BCUT2D eigenvalue weighted by atomic mass is 10.0. The Labute approximate surface area is 162 Å². The highest BCUT2D eigenvalue weighted by Gasteiger charge is 2.38. The molecule has 1 saturated heterocycles. The molecule has 0 unspecified atom stereocenters. The smallest absolute Gasteiger partial charge is 0.485 e. The number of hydrogen-bond donors (Lipinski definition) is 1. The fraction of sp³-hybridized carbons (Fsp3) is 0.381. The van der Waals surface area contributed by atoms with E-state index in [0.29, 0.717) is 26.2 Å². The van der Waals surface area contributed by atoms with E-state index in [1.165, 1.54) is 0 Å². The number of halogens is 1. The largest absolute Gasteiger partial charge is 0.508 e. The van der Waals surface area contributed by atoms with E-state index < -0.39 is 12.0 Å². The van der Waals surface area contributed by atoms with Crippen LogP contribution >= 0.6 is 0 Å². The molecular formula is C21H22FNO5. The van der Waals surface area contributed by atoms with Crippen LogP contribution in [0.2, 0.25) is 0 Å². The molecule has 6 nitrogen and oxygen atoms in total. The molecule has 2 aromatic rings. The van der Waals surface area contributed by atoms with Crippen molar-refractivity contribution in [2.75, 3.05) is 19.7 Å². The summed E-state index contributed by atoms with van der Waals surface area (Å²) in [6, 6.07) is 15.7. The summed E-state index contributed by atoms with van der Waals surface area (Å²) in [7, 11) is 0. The molecule has 28 heavy (non-hydrogen) atoms. The summed E-state index contributed by atoms with van der Waals surface area (Å²) < 4.78 is 30.4. The molecule has 0 saturated carbocycles. The first-order chi connectivity index (χ1) is 13.5. The molecule has 2 aliphatic heterocycles. The van der Waals surface area contributed by atoms with Gasteiger partial charge in [0, 0.05) is 32.5 Å². The quantitative estimate of drug-likeness (QED) is 0.795. The van der Waals surface area contributed by atoms with Gasteiger partial charge in [0.2, 0.25) is 0 Å². The van der Waals surface area contributed by atoms with Crippen molar-refractivity contribution in [1.29, 1.82) is 0 Å². The number of fused-ring (bicyclic) bond motifs is 1. The van der Waals surface area contributed by atoms with Crippen molar-refractivity contribution < 1.29 is 28.5 Å².